The van der Waals surface area contributed by atoms with Crippen LogP contribution in [0.25, 0.3) is 0 Å². The maximum absolute atomic E-state index is 12.5. The van der Waals surface area contributed by atoms with E-state index in [1.54, 1.807) is 31.2 Å². The van der Waals surface area contributed by atoms with Crippen molar-refractivity contribution in [1.29, 1.82) is 0 Å². The molecule has 0 bridgehead atoms. The standard InChI is InChI=1S/C18H23NO5/c1-4-22-16(21)18(19-15(20)12-8-6-5-7-9-12)10-13(18)14-11-23-17(2,3)24-14/h5-9,13-14H,4,10-11H2,1-3H3,(H,19,20)/t13-,14+,18-/m0/s1. The van der Waals surface area contributed by atoms with Crippen molar-refractivity contribution in [1.82, 2.24) is 5.32 Å². The average molecular weight is 333 g/mol. The summed E-state index contributed by atoms with van der Waals surface area (Å²) in [7, 11) is 0. The van der Waals surface area contributed by atoms with Crippen LogP contribution < -0.4 is 5.32 Å². The van der Waals surface area contributed by atoms with Gasteiger partial charge in [-0.2, -0.15) is 0 Å². The minimum absolute atomic E-state index is 0.147. The highest BCUT2D eigenvalue weighted by atomic mass is 16.7. The Hall–Kier alpha value is -1.92. The molecular weight excluding hydrogens is 310 g/mol. The van der Waals surface area contributed by atoms with Gasteiger partial charge in [-0.25, -0.2) is 4.79 Å². The molecule has 130 valence electrons. The predicted octanol–water partition coefficient (Wildman–Crippen LogP) is 1.89. The fourth-order valence-corrected chi connectivity index (χ4v) is 3.20. The molecule has 24 heavy (non-hydrogen) atoms. The monoisotopic (exact) mass is 333 g/mol. The van der Waals surface area contributed by atoms with Crippen LogP contribution in [0.5, 0.6) is 0 Å². The largest absolute Gasteiger partial charge is 0.464 e. The summed E-state index contributed by atoms with van der Waals surface area (Å²) < 4.78 is 16.6. The molecule has 2 fully saturated rings. The number of benzene rings is 1. The second-order valence-electron chi connectivity index (χ2n) is 6.69. The maximum Gasteiger partial charge on any atom is 0.332 e. The number of amides is 1. The van der Waals surface area contributed by atoms with Crippen LogP contribution in [0.15, 0.2) is 30.3 Å². The lowest BCUT2D eigenvalue weighted by Crippen LogP contribution is -2.47. The Balaban J connectivity index is 1.76. The number of hydrogen-bond donors (Lipinski definition) is 1. The van der Waals surface area contributed by atoms with Gasteiger partial charge in [-0.15, -0.1) is 0 Å². The fraction of sp³-hybridized carbons (Fsp3) is 0.556. The molecule has 1 amide bonds. The Morgan fingerprint density at radius 1 is 1.29 bits per heavy atom. The van der Waals surface area contributed by atoms with E-state index in [0.717, 1.165) is 0 Å². The first-order valence-electron chi connectivity index (χ1n) is 8.24. The number of ether oxygens (including phenoxy) is 3. The number of nitrogens with one attached hydrogen (secondary N) is 1. The third-order valence-corrected chi connectivity index (χ3v) is 4.51. The minimum atomic E-state index is -1.03. The second kappa shape index (κ2) is 6.18. The Labute approximate surface area is 141 Å². The topological polar surface area (TPSA) is 73.9 Å². The summed E-state index contributed by atoms with van der Waals surface area (Å²) in [5.41, 5.74) is -0.520. The summed E-state index contributed by atoms with van der Waals surface area (Å²) in [6.45, 7) is 6.09. The van der Waals surface area contributed by atoms with E-state index in [1.807, 2.05) is 19.9 Å². The molecule has 6 nitrogen and oxygen atoms in total. The average Bonchev–Trinajstić information content (AvgIpc) is 3.17. The number of rotatable bonds is 5. The predicted molar refractivity (Wildman–Crippen MR) is 86.3 cm³/mol. The normalized spacial score (nSPS) is 30.6. The van der Waals surface area contributed by atoms with E-state index in [4.69, 9.17) is 14.2 Å². The SMILES string of the molecule is CCOC(=O)[C@]1(NC(=O)c2ccccc2)C[C@H]1[C@H]1COC(C)(C)O1. The van der Waals surface area contributed by atoms with Gasteiger partial charge in [0.2, 0.25) is 0 Å². The van der Waals surface area contributed by atoms with E-state index >= 15 is 0 Å². The van der Waals surface area contributed by atoms with Crippen LogP contribution in [0.1, 0.15) is 37.6 Å². The third kappa shape index (κ3) is 3.16. The van der Waals surface area contributed by atoms with E-state index < -0.39 is 17.3 Å². The summed E-state index contributed by atoms with van der Waals surface area (Å²) in [6.07, 6.45) is 0.259. The highest BCUT2D eigenvalue weighted by molar-refractivity contribution is 5.99. The molecule has 3 atom stereocenters. The lowest BCUT2D eigenvalue weighted by Gasteiger charge is -2.21. The van der Waals surface area contributed by atoms with Crippen LogP contribution in [0.4, 0.5) is 0 Å². The highest BCUT2D eigenvalue weighted by Gasteiger charge is 2.67. The van der Waals surface area contributed by atoms with Crippen molar-refractivity contribution in [2.24, 2.45) is 5.92 Å². The molecule has 3 rings (SSSR count). The maximum atomic E-state index is 12.5. The summed E-state index contributed by atoms with van der Waals surface area (Å²) in [5.74, 6) is -1.51. The number of carbonyl (C=O) groups excluding carboxylic acids is 2. The molecule has 1 aromatic rings. The molecule has 1 aromatic carbocycles. The molecule has 1 saturated heterocycles. The summed E-state index contributed by atoms with van der Waals surface area (Å²) in [4.78, 5) is 25.0. The number of esters is 1. The van der Waals surface area contributed by atoms with Crippen molar-refractivity contribution in [2.75, 3.05) is 13.2 Å². The van der Waals surface area contributed by atoms with Gasteiger partial charge in [0.05, 0.1) is 19.3 Å². The van der Waals surface area contributed by atoms with Gasteiger partial charge in [-0.3, -0.25) is 4.79 Å². The van der Waals surface area contributed by atoms with Crippen molar-refractivity contribution in [3.8, 4) is 0 Å². The van der Waals surface area contributed by atoms with Gasteiger partial charge in [0, 0.05) is 11.5 Å². The molecular formula is C18H23NO5. The van der Waals surface area contributed by atoms with Crippen LogP contribution in [0.2, 0.25) is 0 Å². The first-order chi connectivity index (χ1) is 11.4. The quantitative estimate of drug-likeness (QED) is 0.833. The van der Waals surface area contributed by atoms with Gasteiger partial charge in [0.15, 0.2) is 5.79 Å². The molecule has 1 N–H and O–H groups in total. The minimum Gasteiger partial charge on any atom is -0.464 e. The lowest BCUT2D eigenvalue weighted by molar-refractivity contribution is -0.151. The molecule has 1 aliphatic carbocycles. The van der Waals surface area contributed by atoms with Crippen LogP contribution >= 0.6 is 0 Å². The first-order valence-corrected chi connectivity index (χ1v) is 8.24. The Bertz CT molecular complexity index is 630. The number of hydrogen-bond acceptors (Lipinski definition) is 5. The van der Waals surface area contributed by atoms with E-state index in [9.17, 15) is 9.59 Å². The van der Waals surface area contributed by atoms with Crippen LogP contribution in [0, 0.1) is 5.92 Å². The molecule has 0 radical (unpaired) electrons. The van der Waals surface area contributed by atoms with Gasteiger partial charge in [0.1, 0.15) is 5.54 Å². The Morgan fingerprint density at radius 3 is 2.58 bits per heavy atom. The number of carbonyl (C=O) groups is 2. The summed E-state index contributed by atoms with van der Waals surface area (Å²) in [5, 5.41) is 2.87. The van der Waals surface area contributed by atoms with Gasteiger partial charge in [0.25, 0.3) is 5.91 Å². The van der Waals surface area contributed by atoms with Crippen LogP contribution in [-0.2, 0) is 19.0 Å². The van der Waals surface area contributed by atoms with E-state index in [2.05, 4.69) is 5.32 Å². The highest BCUT2D eigenvalue weighted by Crippen LogP contribution is 2.50. The van der Waals surface area contributed by atoms with Gasteiger partial charge in [-0.1, -0.05) is 18.2 Å². The van der Waals surface area contributed by atoms with Crippen molar-refractivity contribution in [3.63, 3.8) is 0 Å². The molecule has 1 heterocycles. The van der Waals surface area contributed by atoms with Crippen LogP contribution in [0.3, 0.4) is 0 Å². The zero-order valence-electron chi connectivity index (χ0n) is 14.2. The first kappa shape index (κ1) is 16.9. The lowest BCUT2D eigenvalue weighted by atomic mass is 10.1. The van der Waals surface area contributed by atoms with Crippen LogP contribution in [-0.4, -0.2) is 42.5 Å². The summed E-state index contributed by atoms with van der Waals surface area (Å²) in [6, 6.07) is 8.83. The zero-order valence-corrected chi connectivity index (χ0v) is 14.2. The molecule has 6 heteroatoms. The molecule has 2 aliphatic rings. The molecule has 0 spiro atoms. The fourth-order valence-electron chi connectivity index (χ4n) is 3.20. The van der Waals surface area contributed by atoms with Crippen molar-refractivity contribution < 1.29 is 23.8 Å². The molecule has 1 aliphatic heterocycles. The Morgan fingerprint density at radius 2 is 2.00 bits per heavy atom. The Kier molecular flexibility index (Phi) is 4.36. The van der Waals surface area contributed by atoms with E-state index in [1.165, 1.54) is 0 Å². The molecule has 1 saturated carbocycles. The van der Waals surface area contributed by atoms with Gasteiger partial charge in [-0.05, 0) is 39.3 Å². The smallest absolute Gasteiger partial charge is 0.332 e. The van der Waals surface area contributed by atoms with Crippen molar-refractivity contribution in [3.05, 3.63) is 35.9 Å². The molecule has 0 unspecified atom stereocenters. The van der Waals surface area contributed by atoms with Gasteiger partial charge >= 0.3 is 5.97 Å². The van der Waals surface area contributed by atoms with Crippen molar-refractivity contribution >= 4 is 11.9 Å². The van der Waals surface area contributed by atoms with Gasteiger partial charge < -0.3 is 19.5 Å². The molecule has 0 aromatic heterocycles. The summed E-state index contributed by atoms with van der Waals surface area (Å²) >= 11 is 0. The second-order valence-corrected chi connectivity index (χ2v) is 6.69. The van der Waals surface area contributed by atoms with E-state index in [0.29, 0.717) is 18.6 Å². The zero-order chi connectivity index (χ0) is 17.4. The van der Waals surface area contributed by atoms with Crippen molar-refractivity contribution in [2.45, 2.75) is 44.6 Å². The third-order valence-electron chi connectivity index (χ3n) is 4.51. The van der Waals surface area contributed by atoms with E-state index in [-0.39, 0.29) is 24.5 Å².